The normalized spacial score (nSPS) is 10.8. The van der Waals surface area contributed by atoms with Crippen LogP contribution in [0.3, 0.4) is 0 Å². The lowest BCUT2D eigenvalue weighted by Gasteiger charge is -2.17. The Kier molecular flexibility index (Phi) is 6.94. The van der Waals surface area contributed by atoms with Crippen LogP contribution in [0.1, 0.15) is 12.3 Å². The molecular weight excluding hydrogens is 469 g/mol. The maximum absolute atomic E-state index is 12.9. The van der Waals surface area contributed by atoms with Gasteiger partial charge in [-0.2, -0.15) is 4.98 Å². The summed E-state index contributed by atoms with van der Waals surface area (Å²) in [5, 5.41) is 7.32. The van der Waals surface area contributed by atoms with Crippen molar-refractivity contribution in [3.63, 3.8) is 0 Å². The minimum absolute atomic E-state index is 0.124. The molecule has 10 heteroatoms. The van der Waals surface area contributed by atoms with Crippen molar-refractivity contribution in [2.75, 3.05) is 11.4 Å². The fourth-order valence-electron chi connectivity index (χ4n) is 2.91. The fourth-order valence-corrected chi connectivity index (χ4v) is 4.07. The smallest absolute Gasteiger partial charge is 0.229 e. The highest BCUT2D eigenvalue weighted by atomic mass is 35.5. The van der Waals surface area contributed by atoms with E-state index in [2.05, 4.69) is 26.7 Å². The van der Waals surface area contributed by atoms with Gasteiger partial charge in [0, 0.05) is 48.3 Å². The standard InChI is InChI=1S/C22H17Cl2N5O2S/c1-2-10-29(22-26-18(13-32-22)14-5-6-16(23)17(24)11-14)20(30)8-7-19-27-21(28-31-19)15-4-3-9-25-12-15/h2-6,9,11-13H,1,7-8,10H2. The van der Waals surface area contributed by atoms with Gasteiger partial charge in [-0.25, -0.2) is 4.98 Å². The molecule has 0 saturated carbocycles. The van der Waals surface area contributed by atoms with Gasteiger partial charge in [-0.15, -0.1) is 17.9 Å². The Morgan fingerprint density at radius 1 is 1.19 bits per heavy atom. The third-order valence-electron chi connectivity index (χ3n) is 4.49. The lowest BCUT2D eigenvalue weighted by molar-refractivity contribution is -0.118. The number of benzene rings is 1. The van der Waals surface area contributed by atoms with Crippen LogP contribution in [0.5, 0.6) is 0 Å². The summed E-state index contributed by atoms with van der Waals surface area (Å²) >= 11 is 13.5. The first-order valence-electron chi connectivity index (χ1n) is 9.60. The van der Waals surface area contributed by atoms with Gasteiger partial charge in [0.15, 0.2) is 5.13 Å². The van der Waals surface area contributed by atoms with Crippen LogP contribution >= 0.6 is 34.5 Å². The number of anilines is 1. The van der Waals surface area contributed by atoms with Gasteiger partial charge >= 0.3 is 0 Å². The summed E-state index contributed by atoms with van der Waals surface area (Å²) < 4.78 is 5.28. The maximum atomic E-state index is 12.9. The Morgan fingerprint density at radius 2 is 2.06 bits per heavy atom. The van der Waals surface area contributed by atoms with Crippen LogP contribution in [-0.2, 0) is 11.2 Å². The SMILES string of the molecule is C=CCN(C(=O)CCc1nc(-c2cccnc2)no1)c1nc(-c2ccc(Cl)c(Cl)c2)cs1. The zero-order valence-corrected chi connectivity index (χ0v) is 19.1. The van der Waals surface area contributed by atoms with Crippen LogP contribution in [0.25, 0.3) is 22.6 Å². The second-order valence-electron chi connectivity index (χ2n) is 6.69. The number of hydrogen-bond donors (Lipinski definition) is 0. The van der Waals surface area contributed by atoms with E-state index < -0.39 is 0 Å². The highest BCUT2D eigenvalue weighted by Crippen LogP contribution is 2.32. The zero-order chi connectivity index (χ0) is 22.5. The molecule has 0 saturated heterocycles. The number of hydrogen-bond acceptors (Lipinski definition) is 7. The number of carbonyl (C=O) groups excluding carboxylic acids is 1. The molecule has 3 aromatic heterocycles. The lowest BCUT2D eigenvalue weighted by atomic mass is 10.2. The molecule has 1 amide bonds. The van der Waals surface area contributed by atoms with Crippen LogP contribution in [0.4, 0.5) is 5.13 Å². The monoisotopic (exact) mass is 485 g/mol. The van der Waals surface area contributed by atoms with Gasteiger partial charge in [0.1, 0.15) is 0 Å². The number of thiazole rings is 1. The number of nitrogens with zero attached hydrogens (tertiary/aromatic N) is 5. The van der Waals surface area contributed by atoms with Crippen LogP contribution in [0.2, 0.25) is 10.0 Å². The molecule has 0 aliphatic heterocycles. The number of pyridine rings is 1. The molecule has 32 heavy (non-hydrogen) atoms. The first-order valence-corrected chi connectivity index (χ1v) is 11.2. The van der Waals surface area contributed by atoms with Gasteiger partial charge in [-0.3, -0.25) is 14.7 Å². The predicted octanol–water partition coefficient (Wildman–Crippen LogP) is 5.71. The van der Waals surface area contributed by atoms with Gasteiger partial charge in [0.25, 0.3) is 0 Å². The van der Waals surface area contributed by atoms with E-state index in [1.165, 1.54) is 11.3 Å². The third-order valence-corrected chi connectivity index (χ3v) is 6.09. The summed E-state index contributed by atoms with van der Waals surface area (Å²) in [5.41, 5.74) is 2.28. The number of carbonyl (C=O) groups is 1. The average molecular weight is 486 g/mol. The van der Waals surface area contributed by atoms with Crippen molar-refractivity contribution in [3.8, 4) is 22.6 Å². The van der Waals surface area contributed by atoms with Crippen molar-refractivity contribution >= 4 is 45.6 Å². The Morgan fingerprint density at radius 3 is 2.81 bits per heavy atom. The number of halogens is 2. The van der Waals surface area contributed by atoms with Crippen LogP contribution < -0.4 is 4.90 Å². The van der Waals surface area contributed by atoms with Crippen LogP contribution in [-0.4, -0.2) is 32.6 Å². The van der Waals surface area contributed by atoms with E-state index in [1.54, 1.807) is 41.6 Å². The van der Waals surface area contributed by atoms with Crippen molar-refractivity contribution in [2.45, 2.75) is 12.8 Å². The molecule has 4 rings (SSSR count). The molecule has 0 unspecified atom stereocenters. The van der Waals surface area contributed by atoms with Crippen molar-refractivity contribution in [3.05, 3.63) is 76.7 Å². The molecule has 0 spiro atoms. The van der Waals surface area contributed by atoms with Gasteiger partial charge in [-0.05, 0) is 24.3 Å². The molecule has 162 valence electrons. The number of aryl methyl sites for hydroxylation is 1. The van der Waals surface area contributed by atoms with Crippen LogP contribution in [0, 0.1) is 0 Å². The molecule has 0 atom stereocenters. The van der Waals surface area contributed by atoms with Gasteiger partial charge in [0.05, 0.1) is 15.7 Å². The maximum Gasteiger partial charge on any atom is 0.229 e. The summed E-state index contributed by atoms with van der Waals surface area (Å²) in [6.45, 7) is 4.09. The van der Waals surface area contributed by atoms with Gasteiger partial charge < -0.3 is 4.52 Å². The Hall–Kier alpha value is -3.07. The van der Waals surface area contributed by atoms with E-state index in [1.807, 2.05) is 17.5 Å². The van der Waals surface area contributed by atoms with Crippen molar-refractivity contribution in [1.29, 1.82) is 0 Å². The zero-order valence-electron chi connectivity index (χ0n) is 16.7. The predicted molar refractivity (Wildman–Crippen MR) is 126 cm³/mol. The summed E-state index contributed by atoms with van der Waals surface area (Å²) in [6.07, 6.45) is 5.47. The molecule has 1 aromatic carbocycles. The highest BCUT2D eigenvalue weighted by Gasteiger charge is 2.20. The molecule has 0 radical (unpaired) electrons. The average Bonchev–Trinajstić information content (AvgIpc) is 3.48. The number of rotatable bonds is 8. The molecule has 0 bridgehead atoms. The lowest BCUT2D eigenvalue weighted by Crippen LogP contribution is -2.31. The van der Waals surface area contributed by atoms with Crippen LogP contribution in [0.15, 0.2) is 65.3 Å². The Balaban J connectivity index is 1.45. The first-order chi connectivity index (χ1) is 15.5. The van der Waals surface area contributed by atoms with Gasteiger partial charge in [-0.1, -0.05) is 40.5 Å². The first kappa shape index (κ1) is 22.1. The number of amides is 1. The fraction of sp³-hybridized carbons (Fsp3) is 0.136. The van der Waals surface area contributed by atoms with E-state index in [4.69, 9.17) is 27.7 Å². The molecule has 0 N–H and O–H groups in total. The van der Waals surface area contributed by atoms with Crippen molar-refractivity contribution < 1.29 is 9.32 Å². The molecule has 0 fully saturated rings. The van der Waals surface area contributed by atoms with E-state index in [9.17, 15) is 4.79 Å². The van der Waals surface area contributed by atoms with E-state index in [-0.39, 0.29) is 12.3 Å². The molecule has 0 aliphatic rings. The summed E-state index contributed by atoms with van der Waals surface area (Å²) in [5.74, 6) is 0.696. The molecular formula is C22H17Cl2N5O2S. The minimum Gasteiger partial charge on any atom is -0.339 e. The van der Waals surface area contributed by atoms with E-state index >= 15 is 0 Å². The summed E-state index contributed by atoms with van der Waals surface area (Å²) in [7, 11) is 0. The largest absolute Gasteiger partial charge is 0.339 e. The molecule has 3 heterocycles. The molecule has 4 aromatic rings. The molecule has 7 nitrogen and oxygen atoms in total. The van der Waals surface area contributed by atoms with Crippen molar-refractivity contribution in [1.82, 2.24) is 20.1 Å². The topological polar surface area (TPSA) is 85.0 Å². The highest BCUT2D eigenvalue weighted by molar-refractivity contribution is 7.14. The quantitative estimate of drug-likeness (QED) is 0.297. The summed E-state index contributed by atoms with van der Waals surface area (Å²) in [6, 6.07) is 8.93. The van der Waals surface area contributed by atoms with Gasteiger partial charge in [0.2, 0.25) is 17.6 Å². The Bertz CT molecular complexity index is 1240. The van der Waals surface area contributed by atoms with E-state index in [0.29, 0.717) is 45.6 Å². The second-order valence-corrected chi connectivity index (χ2v) is 8.34. The van der Waals surface area contributed by atoms with Crippen molar-refractivity contribution in [2.24, 2.45) is 0 Å². The second kappa shape index (κ2) is 10.0. The molecule has 0 aliphatic carbocycles. The van der Waals surface area contributed by atoms with E-state index in [0.717, 1.165) is 11.1 Å². The minimum atomic E-state index is -0.124. The number of aromatic nitrogens is 4. The summed E-state index contributed by atoms with van der Waals surface area (Å²) in [4.78, 5) is 27.5. The Labute approximate surface area is 198 Å². The third kappa shape index (κ3) is 5.04.